The summed E-state index contributed by atoms with van der Waals surface area (Å²) in [6.07, 6.45) is 3.16. The Morgan fingerprint density at radius 2 is 2.29 bits per heavy atom. The molecule has 1 aromatic heterocycles. The minimum Gasteiger partial charge on any atom is -0.346 e. The number of aromatic amines is 1. The van der Waals surface area contributed by atoms with Crippen molar-refractivity contribution in [2.75, 3.05) is 19.6 Å². The van der Waals surface area contributed by atoms with Gasteiger partial charge in [-0.1, -0.05) is 6.92 Å². The van der Waals surface area contributed by atoms with E-state index in [1.165, 1.54) is 6.42 Å². The number of piperidine rings is 1. The van der Waals surface area contributed by atoms with Crippen LogP contribution in [-0.4, -0.2) is 57.1 Å². The highest BCUT2D eigenvalue weighted by atomic mass is 16.2. The number of tetrazole rings is 1. The van der Waals surface area contributed by atoms with E-state index in [4.69, 9.17) is 0 Å². The predicted octanol–water partition coefficient (Wildman–Crippen LogP) is -0.196. The van der Waals surface area contributed by atoms with E-state index in [0.29, 0.717) is 0 Å². The highest BCUT2D eigenvalue weighted by Crippen LogP contribution is 2.10. The van der Waals surface area contributed by atoms with Crippen molar-refractivity contribution >= 4 is 5.91 Å². The normalized spacial score (nSPS) is 18.2. The zero-order valence-electron chi connectivity index (χ0n) is 10.0. The van der Waals surface area contributed by atoms with Gasteiger partial charge in [0.1, 0.15) is 0 Å². The molecule has 0 aliphatic carbocycles. The molecule has 17 heavy (non-hydrogen) atoms. The predicted molar refractivity (Wildman–Crippen MR) is 61.4 cm³/mol. The lowest BCUT2D eigenvalue weighted by atomic mass is 10.0. The monoisotopic (exact) mass is 238 g/mol. The fraction of sp³-hybridized carbons (Fsp3) is 0.800. The smallest absolute Gasteiger partial charge is 0.293 e. The van der Waals surface area contributed by atoms with Crippen molar-refractivity contribution in [3.63, 3.8) is 0 Å². The van der Waals surface area contributed by atoms with Crippen LogP contribution in [0.4, 0.5) is 0 Å². The van der Waals surface area contributed by atoms with Crippen LogP contribution in [0.3, 0.4) is 0 Å². The molecule has 1 aliphatic rings. The topological polar surface area (TPSA) is 86.8 Å². The van der Waals surface area contributed by atoms with Gasteiger partial charge in [-0.15, -0.1) is 10.2 Å². The molecule has 1 aliphatic heterocycles. The fourth-order valence-corrected chi connectivity index (χ4v) is 2.13. The van der Waals surface area contributed by atoms with Crippen molar-refractivity contribution in [1.29, 1.82) is 0 Å². The van der Waals surface area contributed by atoms with Gasteiger partial charge in [0.15, 0.2) is 0 Å². The van der Waals surface area contributed by atoms with Crippen molar-refractivity contribution in [2.45, 2.75) is 32.2 Å². The van der Waals surface area contributed by atoms with Gasteiger partial charge in [-0.05, 0) is 31.0 Å². The number of nitrogens with one attached hydrogen (secondary N) is 2. The van der Waals surface area contributed by atoms with Crippen LogP contribution in [0.1, 0.15) is 36.8 Å². The summed E-state index contributed by atoms with van der Waals surface area (Å²) in [4.78, 5) is 14.1. The fourth-order valence-electron chi connectivity index (χ4n) is 2.13. The lowest BCUT2D eigenvalue weighted by Crippen LogP contribution is -2.45. The number of amides is 1. The van der Waals surface area contributed by atoms with Crippen molar-refractivity contribution in [1.82, 2.24) is 30.8 Å². The zero-order chi connectivity index (χ0) is 12.1. The maximum atomic E-state index is 11.7. The third-order valence-electron chi connectivity index (χ3n) is 3.01. The minimum absolute atomic E-state index is 0.112. The Balaban J connectivity index is 1.76. The molecule has 1 fully saturated rings. The molecule has 0 atom stereocenters. The highest BCUT2D eigenvalue weighted by molar-refractivity contribution is 5.90. The molecule has 0 spiro atoms. The molecule has 2 N–H and O–H groups in total. The lowest BCUT2D eigenvalue weighted by Gasteiger charge is -2.31. The van der Waals surface area contributed by atoms with Gasteiger partial charge in [0.25, 0.3) is 11.7 Å². The lowest BCUT2D eigenvalue weighted by molar-refractivity contribution is 0.0900. The van der Waals surface area contributed by atoms with Crippen LogP contribution in [0.5, 0.6) is 0 Å². The molecule has 94 valence electrons. The number of rotatable bonds is 4. The Kier molecular flexibility index (Phi) is 4.03. The van der Waals surface area contributed by atoms with Gasteiger partial charge in [0, 0.05) is 19.1 Å². The SMILES string of the molecule is CCCN1CCC(NC(=O)c2nn[nH]n2)CC1. The molecule has 0 unspecified atom stereocenters. The number of carbonyl (C=O) groups is 1. The van der Waals surface area contributed by atoms with E-state index >= 15 is 0 Å². The molecular formula is C10H18N6O. The number of likely N-dealkylation sites (tertiary alicyclic amines) is 1. The first-order valence-corrected chi connectivity index (χ1v) is 6.06. The minimum atomic E-state index is -0.243. The number of carbonyl (C=O) groups excluding carboxylic acids is 1. The summed E-state index contributed by atoms with van der Waals surface area (Å²) in [6.45, 7) is 5.42. The Bertz CT molecular complexity index is 344. The molecule has 1 amide bonds. The average Bonchev–Trinajstić information content (AvgIpc) is 2.86. The summed E-state index contributed by atoms with van der Waals surface area (Å²) in [5.74, 6) is -0.131. The summed E-state index contributed by atoms with van der Waals surface area (Å²) in [6, 6.07) is 0.231. The second kappa shape index (κ2) is 5.72. The van der Waals surface area contributed by atoms with Crippen molar-refractivity contribution in [2.24, 2.45) is 0 Å². The van der Waals surface area contributed by atoms with E-state index in [1.807, 2.05) is 0 Å². The molecule has 7 heteroatoms. The number of hydrogen-bond acceptors (Lipinski definition) is 5. The van der Waals surface area contributed by atoms with Crippen molar-refractivity contribution < 1.29 is 4.79 Å². The average molecular weight is 238 g/mol. The van der Waals surface area contributed by atoms with Crippen molar-refractivity contribution in [3.8, 4) is 0 Å². The summed E-state index contributed by atoms with van der Waals surface area (Å²) in [5, 5.41) is 15.9. The van der Waals surface area contributed by atoms with Gasteiger partial charge < -0.3 is 10.2 Å². The van der Waals surface area contributed by atoms with Gasteiger partial charge in [0.2, 0.25) is 0 Å². The molecule has 1 aromatic rings. The summed E-state index contributed by atoms with van der Waals surface area (Å²) in [5.41, 5.74) is 0. The molecule has 0 bridgehead atoms. The first kappa shape index (κ1) is 12.0. The summed E-state index contributed by atoms with van der Waals surface area (Å²) < 4.78 is 0. The molecule has 0 aromatic carbocycles. The first-order valence-electron chi connectivity index (χ1n) is 6.06. The standard InChI is InChI=1S/C10H18N6O/c1-2-5-16-6-3-8(4-7-16)11-10(17)9-12-14-15-13-9/h8H,2-7H2,1H3,(H,11,17)(H,12,13,14,15). The Morgan fingerprint density at radius 3 is 2.88 bits per heavy atom. The van der Waals surface area contributed by atoms with Gasteiger partial charge in [-0.2, -0.15) is 5.21 Å². The summed E-state index contributed by atoms with van der Waals surface area (Å²) in [7, 11) is 0. The third-order valence-corrected chi connectivity index (χ3v) is 3.01. The van der Waals surface area contributed by atoms with Crippen LogP contribution in [-0.2, 0) is 0 Å². The molecule has 2 heterocycles. The van der Waals surface area contributed by atoms with Crippen LogP contribution < -0.4 is 5.32 Å². The Hall–Kier alpha value is -1.50. The van der Waals surface area contributed by atoms with Gasteiger partial charge in [-0.3, -0.25) is 4.79 Å². The van der Waals surface area contributed by atoms with Crippen LogP contribution in [0.25, 0.3) is 0 Å². The molecule has 0 radical (unpaired) electrons. The van der Waals surface area contributed by atoms with E-state index in [1.54, 1.807) is 0 Å². The molecular weight excluding hydrogens is 220 g/mol. The number of H-pyrrole nitrogens is 1. The van der Waals surface area contributed by atoms with Gasteiger partial charge >= 0.3 is 0 Å². The quantitative estimate of drug-likeness (QED) is 0.759. The molecule has 0 saturated carbocycles. The van der Waals surface area contributed by atoms with Gasteiger partial charge in [-0.25, -0.2) is 0 Å². The molecule has 2 rings (SSSR count). The van der Waals surface area contributed by atoms with E-state index in [0.717, 1.165) is 32.5 Å². The Morgan fingerprint density at radius 1 is 1.53 bits per heavy atom. The first-order chi connectivity index (χ1) is 8.29. The van der Waals surface area contributed by atoms with Gasteiger partial charge in [0.05, 0.1) is 0 Å². The van der Waals surface area contributed by atoms with Crippen LogP contribution in [0.2, 0.25) is 0 Å². The second-order valence-electron chi connectivity index (χ2n) is 4.32. The third kappa shape index (κ3) is 3.23. The van der Waals surface area contributed by atoms with E-state index in [-0.39, 0.29) is 17.8 Å². The number of nitrogens with zero attached hydrogens (tertiary/aromatic N) is 4. The number of hydrogen-bond donors (Lipinski definition) is 2. The number of aromatic nitrogens is 4. The van der Waals surface area contributed by atoms with Crippen LogP contribution >= 0.6 is 0 Å². The maximum Gasteiger partial charge on any atom is 0.293 e. The Labute approximate surface area is 100.0 Å². The largest absolute Gasteiger partial charge is 0.346 e. The summed E-state index contributed by atoms with van der Waals surface area (Å²) >= 11 is 0. The van der Waals surface area contributed by atoms with E-state index < -0.39 is 0 Å². The maximum absolute atomic E-state index is 11.7. The van der Waals surface area contributed by atoms with Crippen molar-refractivity contribution in [3.05, 3.63) is 5.82 Å². The molecule has 7 nitrogen and oxygen atoms in total. The highest BCUT2D eigenvalue weighted by Gasteiger charge is 2.21. The van der Waals surface area contributed by atoms with Crippen LogP contribution in [0, 0.1) is 0 Å². The van der Waals surface area contributed by atoms with E-state index in [2.05, 4.69) is 37.8 Å². The second-order valence-corrected chi connectivity index (χ2v) is 4.32. The zero-order valence-corrected chi connectivity index (χ0v) is 10.0. The van der Waals surface area contributed by atoms with E-state index in [9.17, 15) is 4.79 Å². The van der Waals surface area contributed by atoms with Crippen LogP contribution in [0.15, 0.2) is 0 Å². The molecule has 1 saturated heterocycles.